The Morgan fingerprint density at radius 1 is 1.18 bits per heavy atom. The molecule has 1 N–H and O–H groups in total. The fourth-order valence-corrected chi connectivity index (χ4v) is 3.10. The summed E-state index contributed by atoms with van der Waals surface area (Å²) in [6.07, 6.45) is -4.71. The largest absolute Gasteiger partial charge is 0.573 e. The van der Waals surface area contributed by atoms with E-state index in [4.69, 9.17) is 0 Å². The van der Waals surface area contributed by atoms with Gasteiger partial charge < -0.3 is 15.0 Å². The Bertz CT molecular complexity index is 799. The average Bonchev–Trinajstić information content (AvgIpc) is 2.62. The van der Waals surface area contributed by atoms with Gasteiger partial charge >= 0.3 is 6.36 Å². The Labute approximate surface area is 165 Å². The molecule has 28 heavy (non-hydrogen) atoms. The maximum absolute atomic E-state index is 13.5. The van der Waals surface area contributed by atoms with Gasteiger partial charge in [0, 0.05) is 19.6 Å². The van der Waals surface area contributed by atoms with Crippen LogP contribution in [0.3, 0.4) is 0 Å². The predicted molar refractivity (Wildman–Crippen MR) is 97.8 cm³/mol. The summed E-state index contributed by atoms with van der Waals surface area (Å²) in [5, 5.41) is 3.19. The first-order valence-electron chi connectivity index (χ1n) is 8.42. The van der Waals surface area contributed by atoms with E-state index in [1.54, 1.807) is 17.0 Å². The number of ether oxygens (including phenoxy) is 1. The standard InChI is InChI=1S/C19H18F4N2O2.ClH/c20-15-3-1-2-14(11-15)17-12-24-8-9-25(17)18(26)10-13-4-6-16(7-5-13)27-19(21,22)23;/h1-7,11,17,24H,8-10,12H2;1H. The molecule has 0 bridgehead atoms. The van der Waals surface area contributed by atoms with Gasteiger partial charge in [-0.25, -0.2) is 4.39 Å². The first-order chi connectivity index (χ1) is 12.8. The van der Waals surface area contributed by atoms with Gasteiger partial charge in [0.25, 0.3) is 0 Å². The zero-order valence-corrected chi connectivity index (χ0v) is 15.5. The number of benzene rings is 2. The molecule has 152 valence electrons. The smallest absolute Gasteiger partial charge is 0.406 e. The molecule has 4 nitrogen and oxygen atoms in total. The van der Waals surface area contributed by atoms with Gasteiger partial charge in [-0.2, -0.15) is 0 Å². The van der Waals surface area contributed by atoms with Crippen molar-refractivity contribution in [3.8, 4) is 5.75 Å². The second-order valence-corrected chi connectivity index (χ2v) is 6.23. The van der Waals surface area contributed by atoms with Gasteiger partial charge in [-0.3, -0.25) is 4.79 Å². The van der Waals surface area contributed by atoms with E-state index in [2.05, 4.69) is 10.1 Å². The summed E-state index contributed by atoms with van der Waals surface area (Å²) in [6, 6.07) is 11.0. The fraction of sp³-hybridized carbons (Fsp3) is 0.316. The number of rotatable bonds is 4. The highest BCUT2D eigenvalue weighted by Crippen LogP contribution is 2.25. The van der Waals surface area contributed by atoms with Crippen molar-refractivity contribution >= 4 is 18.3 Å². The maximum Gasteiger partial charge on any atom is 0.573 e. The summed E-state index contributed by atoms with van der Waals surface area (Å²) in [4.78, 5) is 14.4. The first-order valence-corrected chi connectivity index (χ1v) is 8.42. The lowest BCUT2D eigenvalue weighted by Crippen LogP contribution is -2.49. The van der Waals surface area contributed by atoms with Crippen molar-refractivity contribution in [2.24, 2.45) is 0 Å². The van der Waals surface area contributed by atoms with E-state index in [1.165, 1.54) is 36.4 Å². The molecule has 1 fully saturated rings. The van der Waals surface area contributed by atoms with E-state index >= 15 is 0 Å². The molecule has 0 radical (unpaired) electrons. The van der Waals surface area contributed by atoms with E-state index < -0.39 is 6.36 Å². The van der Waals surface area contributed by atoms with Crippen LogP contribution in [0.1, 0.15) is 17.2 Å². The minimum atomic E-state index is -4.75. The average molecular weight is 419 g/mol. The van der Waals surface area contributed by atoms with Crippen LogP contribution in [-0.4, -0.2) is 36.8 Å². The number of hydrogen-bond acceptors (Lipinski definition) is 3. The minimum absolute atomic E-state index is 0. The summed E-state index contributed by atoms with van der Waals surface area (Å²) in [5.74, 6) is -0.875. The summed E-state index contributed by atoms with van der Waals surface area (Å²) in [5.41, 5.74) is 1.27. The molecule has 3 rings (SSSR count). The predicted octanol–water partition coefficient (Wildman–Crippen LogP) is 3.86. The van der Waals surface area contributed by atoms with E-state index in [0.717, 1.165) is 0 Å². The Kier molecular flexibility index (Phi) is 7.26. The summed E-state index contributed by atoms with van der Waals surface area (Å²) in [6.45, 7) is 1.60. The second kappa shape index (κ2) is 9.25. The van der Waals surface area contributed by atoms with Crippen LogP contribution >= 0.6 is 12.4 Å². The van der Waals surface area contributed by atoms with Gasteiger partial charge in [0.2, 0.25) is 5.91 Å². The normalized spacial score (nSPS) is 17.0. The molecule has 1 heterocycles. The third kappa shape index (κ3) is 5.84. The van der Waals surface area contributed by atoms with Crippen molar-refractivity contribution < 1.29 is 27.1 Å². The van der Waals surface area contributed by atoms with Crippen molar-refractivity contribution in [3.63, 3.8) is 0 Å². The molecule has 0 aromatic heterocycles. The minimum Gasteiger partial charge on any atom is -0.406 e. The van der Waals surface area contributed by atoms with Crippen LogP contribution in [0.4, 0.5) is 17.6 Å². The number of hydrogen-bond donors (Lipinski definition) is 1. The Morgan fingerprint density at radius 2 is 1.89 bits per heavy atom. The third-order valence-electron chi connectivity index (χ3n) is 4.31. The molecular weight excluding hydrogens is 400 g/mol. The number of carbonyl (C=O) groups is 1. The fourth-order valence-electron chi connectivity index (χ4n) is 3.10. The highest BCUT2D eigenvalue weighted by molar-refractivity contribution is 5.85. The van der Waals surface area contributed by atoms with Crippen LogP contribution in [0, 0.1) is 5.82 Å². The number of nitrogens with one attached hydrogen (secondary N) is 1. The number of nitrogens with zero attached hydrogens (tertiary/aromatic N) is 1. The molecule has 1 saturated heterocycles. The van der Waals surface area contributed by atoms with Gasteiger partial charge in [0.15, 0.2) is 0 Å². The monoisotopic (exact) mass is 418 g/mol. The number of piperazine rings is 1. The zero-order chi connectivity index (χ0) is 19.4. The SMILES string of the molecule is Cl.O=C(Cc1ccc(OC(F)(F)F)cc1)N1CCNCC1c1cccc(F)c1. The van der Waals surface area contributed by atoms with Gasteiger partial charge in [-0.15, -0.1) is 25.6 Å². The topological polar surface area (TPSA) is 41.6 Å². The lowest BCUT2D eigenvalue weighted by molar-refractivity contribution is -0.274. The molecule has 2 aromatic carbocycles. The van der Waals surface area contributed by atoms with Gasteiger partial charge in [0.05, 0.1) is 12.5 Å². The van der Waals surface area contributed by atoms with Crippen LogP contribution in [0.15, 0.2) is 48.5 Å². The number of amides is 1. The number of alkyl halides is 3. The van der Waals surface area contributed by atoms with Crippen molar-refractivity contribution in [1.29, 1.82) is 0 Å². The highest BCUT2D eigenvalue weighted by Gasteiger charge is 2.31. The molecule has 1 amide bonds. The molecule has 2 aromatic rings. The molecule has 9 heteroatoms. The molecular formula is C19H19ClF4N2O2. The van der Waals surface area contributed by atoms with Crippen LogP contribution in [0.5, 0.6) is 5.75 Å². The molecule has 1 aliphatic rings. The third-order valence-corrected chi connectivity index (χ3v) is 4.31. The van der Waals surface area contributed by atoms with Crippen molar-refractivity contribution in [2.75, 3.05) is 19.6 Å². The Balaban J connectivity index is 0.00000280. The van der Waals surface area contributed by atoms with E-state index in [0.29, 0.717) is 30.8 Å². The molecule has 0 spiro atoms. The van der Waals surface area contributed by atoms with Gasteiger partial charge in [-0.05, 0) is 35.4 Å². The van der Waals surface area contributed by atoms with Crippen LogP contribution in [-0.2, 0) is 11.2 Å². The van der Waals surface area contributed by atoms with Crippen LogP contribution in [0.2, 0.25) is 0 Å². The molecule has 1 unspecified atom stereocenters. The zero-order valence-electron chi connectivity index (χ0n) is 14.7. The summed E-state index contributed by atoms with van der Waals surface area (Å²) >= 11 is 0. The Hall–Kier alpha value is -2.32. The maximum atomic E-state index is 13.5. The van der Waals surface area contributed by atoms with E-state index in [9.17, 15) is 22.4 Å². The van der Waals surface area contributed by atoms with Crippen LogP contribution in [0.25, 0.3) is 0 Å². The number of halogens is 5. The van der Waals surface area contributed by atoms with E-state index in [1.807, 2.05) is 0 Å². The molecule has 0 saturated carbocycles. The first kappa shape index (κ1) is 22.0. The molecule has 1 atom stereocenters. The summed E-state index contributed by atoms with van der Waals surface area (Å²) in [7, 11) is 0. The highest BCUT2D eigenvalue weighted by atomic mass is 35.5. The van der Waals surface area contributed by atoms with Crippen molar-refractivity contribution in [1.82, 2.24) is 10.2 Å². The second-order valence-electron chi connectivity index (χ2n) is 6.23. The lowest BCUT2D eigenvalue weighted by Gasteiger charge is -2.36. The van der Waals surface area contributed by atoms with Crippen LogP contribution < -0.4 is 10.1 Å². The molecule has 0 aliphatic carbocycles. The number of carbonyl (C=O) groups excluding carboxylic acids is 1. The lowest BCUT2D eigenvalue weighted by atomic mass is 10.0. The van der Waals surface area contributed by atoms with Gasteiger partial charge in [-0.1, -0.05) is 24.3 Å². The quantitative estimate of drug-likeness (QED) is 0.767. The molecule has 1 aliphatic heterocycles. The van der Waals surface area contributed by atoms with Crippen molar-refractivity contribution in [3.05, 3.63) is 65.5 Å². The van der Waals surface area contributed by atoms with Crippen molar-refractivity contribution in [2.45, 2.75) is 18.8 Å². The van der Waals surface area contributed by atoms with E-state index in [-0.39, 0.29) is 42.3 Å². The Morgan fingerprint density at radius 3 is 2.54 bits per heavy atom. The summed E-state index contributed by atoms with van der Waals surface area (Å²) < 4.78 is 54.0. The van der Waals surface area contributed by atoms with Gasteiger partial charge in [0.1, 0.15) is 11.6 Å².